The van der Waals surface area contributed by atoms with Crippen molar-refractivity contribution in [3.05, 3.63) is 41.5 Å². The molecule has 0 spiro atoms. The van der Waals surface area contributed by atoms with Crippen molar-refractivity contribution in [3.8, 4) is 0 Å². The van der Waals surface area contributed by atoms with Crippen molar-refractivity contribution < 1.29 is 14.1 Å². The van der Waals surface area contributed by atoms with Gasteiger partial charge in [0.15, 0.2) is 11.8 Å². The van der Waals surface area contributed by atoms with Crippen molar-refractivity contribution in [1.29, 1.82) is 0 Å². The number of nitrogens with zero attached hydrogens (tertiary/aromatic N) is 3. The zero-order valence-corrected chi connectivity index (χ0v) is 20.0. The van der Waals surface area contributed by atoms with Crippen LogP contribution in [0.5, 0.6) is 0 Å². The normalized spacial score (nSPS) is 12.0. The van der Waals surface area contributed by atoms with E-state index in [1.165, 1.54) is 0 Å². The van der Waals surface area contributed by atoms with Crippen LogP contribution in [0.3, 0.4) is 0 Å². The van der Waals surface area contributed by atoms with Crippen LogP contribution in [0.25, 0.3) is 0 Å². The van der Waals surface area contributed by atoms with Crippen molar-refractivity contribution in [1.82, 2.24) is 20.8 Å². The number of hydrogen-bond donors (Lipinski definition) is 3. The molecule has 32 heavy (non-hydrogen) atoms. The maximum atomic E-state index is 11.9. The van der Waals surface area contributed by atoms with Crippen LogP contribution >= 0.6 is 0 Å². The van der Waals surface area contributed by atoms with Gasteiger partial charge in [-0.25, -0.2) is 4.79 Å². The molecule has 0 atom stereocenters. The Balaban J connectivity index is 1.78. The third kappa shape index (κ3) is 9.36. The summed E-state index contributed by atoms with van der Waals surface area (Å²) in [4.78, 5) is 20.8. The van der Waals surface area contributed by atoms with Gasteiger partial charge in [0.2, 0.25) is 5.89 Å². The van der Waals surface area contributed by atoms with Gasteiger partial charge in [-0.05, 0) is 51.8 Å². The highest BCUT2D eigenvalue weighted by Gasteiger charge is 2.16. The topological polar surface area (TPSA) is 114 Å². The lowest BCUT2D eigenvalue weighted by Gasteiger charge is -2.19. The number of anilines is 1. The second-order valence-corrected chi connectivity index (χ2v) is 8.71. The first-order chi connectivity index (χ1) is 15.2. The number of aromatic nitrogens is 2. The first-order valence-corrected chi connectivity index (χ1v) is 11.1. The number of guanidine groups is 1. The van der Waals surface area contributed by atoms with Crippen molar-refractivity contribution in [2.24, 2.45) is 4.99 Å². The van der Waals surface area contributed by atoms with Crippen LogP contribution in [-0.2, 0) is 17.6 Å². The molecule has 1 aromatic carbocycles. The number of benzene rings is 1. The highest BCUT2D eigenvalue weighted by atomic mass is 16.6. The minimum Gasteiger partial charge on any atom is -0.444 e. The maximum absolute atomic E-state index is 11.9. The second kappa shape index (κ2) is 12.1. The fourth-order valence-electron chi connectivity index (χ4n) is 2.71. The Morgan fingerprint density at radius 3 is 2.47 bits per heavy atom. The van der Waals surface area contributed by atoms with Gasteiger partial charge in [-0.15, -0.1) is 0 Å². The zero-order chi connectivity index (χ0) is 23.6. The Morgan fingerprint density at radius 1 is 1.16 bits per heavy atom. The number of nitrogens with one attached hydrogen (secondary N) is 3. The van der Waals surface area contributed by atoms with Gasteiger partial charge in [0.05, 0.1) is 6.54 Å². The van der Waals surface area contributed by atoms with Crippen molar-refractivity contribution in [2.75, 3.05) is 25.0 Å². The van der Waals surface area contributed by atoms with Gasteiger partial charge in [0.25, 0.3) is 0 Å². The Hall–Kier alpha value is -3.10. The SMILES string of the molecule is CCNC(=NCCc1nc(C(C)C)no1)NCCc1ccc(NC(=O)OC(C)(C)C)cc1. The van der Waals surface area contributed by atoms with E-state index in [0.717, 1.165) is 36.9 Å². The lowest BCUT2D eigenvalue weighted by atomic mass is 10.1. The fourth-order valence-corrected chi connectivity index (χ4v) is 2.71. The molecule has 0 aliphatic carbocycles. The van der Waals surface area contributed by atoms with E-state index in [1.54, 1.807) is 0 Å². The summed E-state index contributed by atoms with van der Waals surface area (Å²) in [5.41, 5.74) is 1.33. The van der Waals surface area contributed by atoms with E-state index in [1.807, 2.05) is 65.8 Å². The smallest absolute Gasteiger partial charge is 0.412 e. The minimum atomic E-state index is -0.524. The Kier molecular flexibility index (Phi) is 9.49. The molecule has 2 aromatic rings. The maximum Gasteiger partial charge on any atom is 0.412 e. The Labute approximate surface area is 190 Å². The van der Waals surface area contributed by atoms with E-state index in [4.69, 9.17) is 9.26 Å². The molecular weight excluding hydrogens is 408 g/mol. The van der Waals surface area contributed by atoms with E-state index < -0.39 is 11.7 Å². The van der Waals surface area contributed by atoms with E-state index in [2.05, 4.69) is 31.1 Å². The molecule has 0 fully saturated rings. The van der Waals surface area contributed by atoms with Crippen LogP contribution in [0.4, 0.5) is 10.5 Å². The van der Waals surface area contributed by atoms with Crippen LogP contribution in [0.2, 0.25) is 0 Å². The lowest BCUT2D eigenvalue weighted by Crippen LogP contribution is -2.38. The summed E-state index contributed by atoms with van der Waals surface area (Å²) in [6, 6.07) is 7.71. The van der Waals surface area contributed by atoms with Gasteiger partial charge in [0, 0.05) is 31.1 Å². The number of rotatable bonds is 9. The van der Waals surface area contributed by atoms with Crippen LogP contribution in [0, 0.1) is 0 Å². The minimum absolute atomic E-state index is 0.247. The molecule has 0 aliphatic heterocycles. The Bertz CT molecular complexity index is 869. The van der Waals surface area contributed by atoms with E-state index in [0.29, 0.717) is 24.5 Å². The van der Waals surface area contributed by atoms with Crippen molar-refractivity contribution >= 4 is 17.7 Å². The number of carbonyl (C=O) groups is 1. The van der Waals surface area contributed by atoms with E-state index >= 15 is 0 Å². The average Bonchev–Trinajstić information content (AvgIpc) is 3.17. The molecule has 0 radical (unpaired) electrons. The molecule has 3 N–H and O–H groups in total. The molecule has 1 aromatic heterocycles. The molecule has 0 aliphatic rings. The van der Waals surface area contributed by atoms with Crippen molar-refractivity contribution in [2.45, 2.75) is 65.9 Å². The van der Waals surface area contributed by atoms with Gasteiger partial charge in [0.1, 0.15) is 5.60 Å². The predicted octanol–water partition coefficient (Wildman–Crippen LogP) is 3.88. The highest BCUT2D eigenvalue weighted by Crippen LogP contribution is 2.13. The number of amides is 1. The first-order valence-electron chi connectivity index (χ1n) is 11.1. The summed E-state index contributed by atoms with van der Waals surface area (Å²) in [6.07, 6.45) is 0.959. The predicted molar refractivity (Wildman–Crippen MR) is 126 cm³/mol. The lowest BCUT2D eigenvalue weighted by molar-refractivity contribution is 0.0636. The van der Waals surface area contributed by atoms with Gasteiger partial charge in [-0.3, -0.25) is 10.3 Å². The summed E-state index contributed by atoms with van der Waals surface area (Å²) in [5, 5.41) is 13.3. The molecule has 9 nitrogen and oxygen atoms in total. The molecule has 176 valence electrons. The summed E-state index contributed by atoms with van der Waals surface area (Å²) in [7, 11) is 0. The van der Waals surface area contributed by atoms with E-state index in [9.17, 15) is 4.79 Å². The molecular formula is C23H36N6O3. The summed E-state index contributed by atoms with van der Waals surface area (Å²) >= 11 is 0. The third-order valence-electron chi connectivity index (χ3n) is 4.25. The monoisotopic (exact) mass is 444 g/mol. The molecule has 1 heterocycles. The third-order valence-corrected chi connectivity index (χ3v) is 4.25. The number of hydrogen-bond acceptors (Lipinski definition) is 6. The van der Waals surface area contributed by atoms with Gasteiger partial charge in [-0.2, -0.15) is 4.98 Å². The molecule has 2 rings (SSSR count). The van der Waals surface area contributed by atoms with Gasteiger partial charge < -0.3 is 19.9 Å². The molecule has 0 saturated heterocycles. The quantitative estimate of drug-likeness (QED) is 0.397. The van der Waals surface area contributed by atoms with Crippen LogP contribution in [0.15, 0.2) is 33.8 Å². The number of ether oxygens (including phenoxy) is 1. The highest BCUT2D eigenvalue weighted by molar-refractivity contribution is 5.84. The average molecular weight is 445 g/mol. The molecule has 0 bridgehead atoms. The molecule has 1 amide bonds. The zero-order valence-electron chi connectivity index (χ0n) is 20.0. The Morgan fingerprint density at radius 2 is 1.88 bits per heavy atom. The van der Waals surface area contributed by atoms with Crippen LogP contribution in [-0.4, -0.2) is 47.4 Å². The van der Waals surface area contributed by atoms with Crippen molar-refractivity contribution in [3.63, 3.8) is 0 Å². The largest absolute Gasteiger partial charge is 0.444 e. The standard InChI is InChI=1S/C23H36N6O3/c1-7-24-21(26-15-13-19-28-20(16(2)3)29-32-19)25-14-12-17-8-10-18(11-9-17)27-22(30)31-23(4,5)6/h8-11,16H,7,12-15H2,1-6H3,(H,27,30)(H2,24,25,26). The first kappa shape index (κ1) is 25.2. The fraction of sp³-hybridized carbons (Fsp3) is 0.565. The molecule has 0 unspecified atom stereocenters. The summed E-state index contributed by atoms with van der Waals surface area (Å²) in [6.45, 7) is 13.7. The van der Waals surface area contributed by atoms with Crippen LogP contribution in [0.1, 0.15) is 64.7 Å². The molecule has 0 saturated carbocycles. The molecule has 9 heteroatoms. The van der Waals surface area contributed by atoms with Gasteiger partial charge >= 0.3 is 6.09 Å². The second-order valence-electron chi connectivity index (χ2n) is 8.71. The summed E-state index contributed by atoms with van der Waals surface area (Å²) < 4.78 is 10.5. The van der Waals surface area contributed by atoms with Crippen LogP contribution < -0.4 is 16.0 Å². The number of carbonyl (C=O) groups excluding carboxylic acids is 1. The number of aliphatic imine (C=N–C) groups is 1. The van der Waals surface area contributed by atoms with E-state index in [-0.39, 0.29) is 5.92 Å². The van der Waals surface area contributed by atoms with Gasteiger partial charge in [-0.1, -0.05) is 31.1 Å². The summed E-state index contributed by atoms with van der Waals surface area (Å²) in [5.74, 6) is 2.33.